The summed E-state index contributed by atoms with van der Waals surface area (Å²) in [5, 5.41) is 14.4. The molecule has 0 spiro atoms. The van der Waals surface area contributed by atoms with Crippen LogP contribution in [-0.4, -0.2) is 40.2 Å². The van der Waals surface area contributed by atoms with E-state index in [0.717, 1.165) is 35.1 Å². The fourth-order valence-electron chi connectivity index (χ4n) is 5.02. The summed E-state index contributed by atoms with van der Waals surface area (Å²) in [4.78, 5) is 23.2. The number of rotatable bonds is 8. The molecule has 1 aliphatic rings. The number of nitrogens with one attached hydrogen (secondary N) is 2. The zero-order chi connectivity index (χ0) is 25.6. The third-order valence-electron chi connectivity index (χ3n) is 7.13. The van der Waals surface area contributed by atoms with Crippen molar-refractivity contribution < 1.29 is 9.90 Å². The fourth-order valence-corrected chi connectivity index (χ4v) is 5.02. The number of H-pyrrole nitrogens is 1. The Kier molecular flexibility index (Phi) is 7.66. The molecule has 1 saturated heterocycles. The molecule has 0 saturated carbocycles. The largest absolute Gasteiger partial charge is 0.494 e. The van der Waals surface area contributed by atoms with Crippen molar-refractivity contribution in [2.75, 3.05) is 13.1 Å². The Morgan fingerprint density at radius 1 is 1.05 bits per heavy atom. The molecular weight excluding hydrogens is 460 g/mol. The molecule has 1 atom stereocenters. The number of hydrogen-bond donors (Lipinski definition) is 3. The van der Waals surface area contributed by atoms with Crippen LogP contribution in [0, 0.1) is 0 Å². The predicted molar refractivity (Wildman–Crippen MR) is 150 cm³/mol. The Morgan fingerprint density at radius 3 is 2.54 bits per heavy atom. The van der Waals surface area contributed by atoms with Gasteiger partial charge in [0.25, 0.3) is 5.91 Å². The number of carbonyl (C=O) groups excluding carboxylic acids is 1. The van der Waals surface area contributed by atoms with Crippen molar-refractivity contribution in [2.24, 2.45) is 4.99 Å². The van der Waals surface area contributed by atoms with Crippen LogP contribution >= 0.6 is 0 Å². The van der Waals surface area contributed by atoms with Crippen LogP contribution in [0.25, 0.3) is 10.9 Å². The molecule has 37 heavy (non-hydrogen) atoms. The summed E-state index contributed by atoms with van der Waals surface area (Å²) in [5.74, 6) is -0.112. The number of aliphatic imine (C=N–C) groups is 1. The molecule has 4 aromatic rings. The van der Waals surface area contributed by atoms with E-state index in [1.54, 1.807) is 12.3 Å². The van der Waals surface area contributed by atoms with E-state index in [0.29, 0.717) is 11.1 Å². The molecule has 1 fully saturated rings. The smallest absolute Gasteiger partial charge is 0.251 e. The van der Waals surface area contributed by atoms with Crippen molar-refractivity contribution in [1.82, 2.24) is 15.2 Å². The number of likely N-dealkylation sites (tertiary alicyclic amines) is 1. The quantitative estimate of drug-likeness (QED) is 0.245. The van der Waals surface area contributed by atoms with Crippen LogP contribution in [0.2, 0.25) is 0 Å². The molecule has 0 aliphatic carbocycles. The molecule has 0 unspecified atom stereocenters. The number of fused-ring (bicyclic) bond motifs is 1. The monoisotopic (exact) mass is 494 g/mol. The molecule has 5 rings (SSSR count). The SMILES string of the molecule is CC[C@@H](NC(=O)c1ccc2[nH]c(O)c(C=Nc3ccc(CN4CCCCC4)cc3)c2c1)c1ccccc1. The second kappa shape index (κ2) is 11.4. The number of aromatic amines is 1. The number of aromatic hydroxyl groups is 1. The predicted octanol–water partition coefficient (Wildman–Crippen LogP) is 6.49. The highest BCUT2D eigenvalue weighted by atomic mass is 16.3. The van der Waals surface area contributed by atoms with Crippen molar-refractivity contribution in [2.45, 2.75) is 45.2 Å². The van der Waals surface area contributed by atoms with Gasteiger partial charge in [0.05, 0.1) is 17.3 Å². The van der Waals surface area contributed by atoms with Gasteiger partial charge in [-0.1, -0.05) is 55.8 Å². The van der Waals surface area contributed by atoms with Gasteiger partial charge in [0.2, 0.25) is 0 Å². The van der Waals surface area contributed by atoms with Crippen molar-refractivity contribution in [3.63, 3.8) is 0 Å². The second-order valence-corrected chi connectivity index (χ2v) is 9.75. The van der Waals surface area contributed by atoms with E-state index in [4.69, 9.17) is 0 Å². The van der Waals surface area contributed by atoms with Crippen LogP contribution in [0.5, 0.6) is 5.88 Å². The normalized spacial score (nSPS) is 15.3. The van der Waals surface area contributed by atoms with E-state index in [9.17, 15) is 9.90 Å². The Hall–Kier alpha value is -3.90. The van der Waals surface area contributed by atoms with Crippen LogP contribution < -0.4 is 5.32 Å². The van der Waals surface area contributed by atoms with Crippen LogP contribution in [0.1, 0.15) is 65.7 Å². The first-order valence-corrected chi connectivity index (χ1v) is 13.2. The minimum absolute atomic E-state index is 0.0359. The number of piperidine rings is 1. The number of aromatic nitrogens is 1. The third-order valence-corrected chi connectivity index (χ3v) is 7.13. The summed E-state index contributed by atoms with van der Waals surface area (Å²) in [6, 6.07) is 23.6. The molecular formula is C31H34N4O2. The Bertz CT molecular complexity index is 1370. The molecule has 0 bridgehead atoms. The van der Waals surface area contributed by atoms with Crippen LogP contribution in [-0.2, 0) is 6.54 Å². The maximum atomic E-state index is 13.1. The van der Waals surface area contributed by atoms with Gasteiger partial charge in [-0.05, 0) is 73.8 Å². The van der Waals surface area contributed by atoms with Gasteiger partial charge in [-0.3, -0.25) is 14.7 Å². The van der Waals surface area contributed by atoms with Crippen molar-refractivity contribution in [3.05, 3.63) is 95.1 Å². The molecule has 6 nitrogen and oxygen atoms in total. The summed E-state index contributed by atoms with van der Waals surface area (Å²) < 4.78 is 0. The van der Waals surface area contributed by atoms with Crippen molar-refractivity contribution >= 4 is 28.7 Å². The number of hydrogen-bond acceptors (Lipinski definition) is 4. The maximum Gasteiger partial charge on any atom is 0.251 e. The molecule has 3 N–H and O–H groups in total. The lowest BCUT2D eigenvalue weighted by Crippen LogP contribution is -2.28. The van der Waals surface area contributed by atoms with Crippen LogP contribution in [0.4, 0.5) is 5.69 Å². The molecule has 1 aromatic heterocycles. The molecule has 0 radical (unpaired) electrons. The van der Waals surface area contributed by atoms with E-state index in [-0.39, 0.29) is 17.8 Å². The third kappa shape index (κ3) is 5.92. The van der Waals surface area contributed by atoms with E-state index in [1.807, 2.05) is 54.6 Å². The van der Waals surface area contributed by atoms with Crippen molar-refractivity contribution in [1.29, 1.82) is 0 Å². The topological polar surface area (TPSA) is 80.7 Å². The van der Waals surface area contributed by atoms with E-state index >= 15 is 0 Å². The first-order valence-electron chi connectivity index (χ1n) is 13.2. The lowest BCUT2D eigenvalue weighted by molar-refractivity contribution is 0.0935. The minimum atomic E-state index is -0.148. The highest BCUT2D eigenvalue weighted by molar-refractivity contribution is 6.06. The number of carbonyl (C=O) groups is 1. The fraction of sp³-hybridized carbons (Fsp3) is 0.290. The van der Waals surface area contributed by atoms with Crippen LogP contribution in [0.3, 0.4) is 0 Å². The molecule has 1 amide bonds. The average molecular weight is 495 g/mol. The van der Waals surface area contributed by atoms with Gasteiger partial charge < -0.3 is 15.4 Å². The highest BCUT2D eigenvalue weighted by Gasteiger charge is 2.17. The molecule has 190 valence electrons. The van der Waals surface area contributed by atoms with Gasteiger partial charge in [0, 0.05) is 29.2 Å². The zero-order valence-corrected chi connectivity index (χ0v) is 21.3. The Balaban J connectivity index is 1.32. The summed E-state index contributed by atoms with van der Waals surface area (Å²) in [6.07, 6.45) is 6.36. The van der Waals surface area contributed by atoms with Crippen molar-refractivity contribution in [3.8, 4) is 5.88 Å². The molecule has 2 heterocycles. The molecule has 3 aromatic carbocycles. The zero-order valence-electron chi connectivity index (χ0n) is 21.3. The standard InChI is InChI=1S/C31H34N4O2/c1-2-28(23-9-5-3-6-10-23)33-30(36)24-13-16-29-26(19-24)27(31(37)34-29)20-32-25-14-11-22(12-15-25)21-35-17-7-4-8-18-35/h3,5-6,9-16,19-20,28,34,37H,2,4,7-8,17-18,21H2,1H3,(H,33,36)/t28-/m1/s1. The first-order chi connectivity index (χ1) is 18.1. The summed E-state index contributed by atoms with van der Waals surface area (Å²) >= 11 is 0. The van der Waals surface area contributed by atoms with E-state index in [1.165, 1.54) is 37.9 Å². The van der Waals surface area contributed by atoms with Gasteiger partial charge in [-0.25, -0.2) is 0 Å². The van der Waals surface area contributed by atoms with Gasteiger partial charge in [0.15, 0.2) is 5.88 Å². The summed E-state index contributed by atoms with van der Waals surface area (Å²) in [6.45, 7) is 5.37. The second-order valence-electron chi connectivity index (χ2n) is 9.75. The lowest BCUT2D eigenvalue weighted by atomic mass is 10.0. The maximum absolute atomic E-state index is 13.1. The minimum Gasteiger partial charge on any atom is -0.494 e. The summed E-state index contributed by atoms with van der Waals surface area (Å²) in [5.41, 5.74) is 5.04. The Labute approximate surface area is 218 Å². The van der Waals surface area contributed by atoms with Crippen LogP contribution in [0.15, 0.2) is 77.8 Å². The molecule has 6 heteroatoms. The van der Waals surface area contributed by atoms with Gasteiger partial charge in [0.1, 0.15) is 0 Å². The first kappa shape index (κ1) is 24.8. The number of nitrogens with zero attached hydrogens (tertiary/aromatic N) is 2. The summed E-state index contributed by atoms with van der Waals surface area (Å²) in [7, 11) is 0. The number of amides is 1. The van der Waals surface area contributed by atoms with Gasteiger partial charge in [-0.15, -0.1) is 0 Å². The van der Waals surface area contributed by atoms with E-state index in [2.05, 4.69) is 39.2 Å². The molecule has 1 aliphatic heterocycles. The van der Waals surface area contributed by atoms with Gasteiger partial charge in [-0.2, -0.15) is 0 Å². The average Bonchev–Trinajstić information content (AvgIpc) is 3.26. The lowest BCUT2D eigenvalue weighted by Gasteiger charge is -2.26. The Morgan fingerprint density at radius 2 is 1.81 bits per heavy atom. The number of benzene rings is 3. The van der Waals surface area contributed by atoms with Gasteiger partial charge >= 0.3 is 0 Å². The highest BCUT2D eigenvalue weighted by Crippen LogP contribution is 2.28. The van der Waals surface area contributed by atoms with E-state index < -0.39 is 0 Å².